The van der Waals surface area contributed by atoms with Gasteiger partial charge in [-0.1, -0.05) is 201 Å². The van der Waals surface area contributed by atoms with Crippen LogP contribution in [0.2, 0.25) is 0 Å². The third-order valence-electron chi connectivity index (χ3n) is 25.6. The molecule has 133 heavy (non-hydrogen) atoms. The van der Waals surface area contributed by atoms with Gasteiger partial charge >= 0.3 is 42.8 Å². The molecule has 4 fully saturated rings. The van der Waals surface area contributed by atoms with Gasteiger partial charge in [0.2, 0.25) is 0 Å². The molecule has 4 saturated heterocycles. The van der Waals surface area contributed by atoms with E-state index in [1.54, 1.807) is 9.80 Å². The van der Waals surface area contributed by atoms with Gasteiger partial charge in [-0.2, -0.15) is 26.3 Å². The van der Waals surface area contributed by atoms with Crippen molar-refractivity contribution >= 4 is 52.7 Å². The molecule has 0 bridgehead atoms. The number of hydrogen-bond donors (Lipinski definition) is 4. The Morgan fingerprint density at radius 1 is 0.406 bits per heavy atom. The summed E-state index contributed by atoms with van der Waals surface area (Å²) >= 11 is 0. The average molecular weight is 1850 g/mol. The molecular formula is C106H139F9N12O6. The summed E-state index contributed by atoms with van der Waals surface area (Å²) in [5.41, 5.74) is 7.48. The molecule has 3 atom stereocenters. The number of halogens is 9. The average Bonchev–Trinajstić information content (AvgIpc) is 0.821. The van der Waals surface area contributed by atoms with Crippen molar-refractivity contribution < 1.29 is 68.2 Å². The molecule has 12 rings (SSSR count). The maximum Gasteiger partial charge on any atom is 0.573 e. The number of benzene rings is 8. The number of aryl methyl sites for hydroxylation is 2. The molecule has 4 aliphatic heterocycles. The van der Waals surface area contributed by atoms with Crippen molar-refractivity contribution in [2.75, 3.05) is 80.2 Å². The van der Waals surface area contributed by atoms with Gasteiger partial charge in [0.1, 0.15) is 5.75 Å². The fourth-order valence-electron chi connectivity index (χ4n) is 17.7. The Kier molecular flexibility index (Phi) is 41.1. The number of amides is 8. The van der Waals surface area contributed by atoms with E-state index in [9.17, 15) is 63.5 Å². The normalized spacial score (nSPS) is 16.0. The highest BCUT2D eigenvalue weighted by atomic mass is 19.4. The van der Waals surface area contributed by atoms with Gasteiger partial charge in [-0.3, -0.25) is 4.79 Å². The summed E-state index contributed by atoms with van der Waals surface area (Å²) in [5.74, 6) is -0.444. The van der Waals surface area contributed by atoms with Crippen molar-refractivity contribution in [1.82, 2.24) is 39.2 Å². The minimum Gasteiger partial charge on any atom is -0.406 e. The van der Waals surface area contributed by atoms with E-state index in [0.29, 0.717) is 43.4 Å². The zero-order chi connectivity index (χ0) is 96.4. The van der Waals surface area contributed by atoms with Crippen LogP contribution in [0.25, 0.3) is 0 Å². The molecule has 4 heterocycles. The molecule has 0 saturated carbocycles. The highest BCUT2D eigenvalue weighted by molar-refractivity contribution is 5.93. The highest BCUT2D eigenvalue weighted by Crippen LogP contribution is 2.36. The quantitative estimate of drug-likeness (QED) is 0.0242. The van der Waals surface area contributed by atoms with Crippen molar-refractivity contribution in [3.05, 3.63) is 269 Å². The lowest BCUT2D eigenvalue weighted by Crippen LogP contribution is -2.50. The molecule has 0 spiro atoms. The summed E-state index contributed by atoms with van der Waals surface area (Å²) in [6, 6.07) is 58.9. The number of ketones is 1. The standard InChI is InChI=1S/C29H36F3N3O2.C26H34F3N3O.C26H37N3O.C25H32F3N3O2/c1-4-9-21(3)34-16-14-26(15-17-34)35(20-23-11-7-6-10-22(23)18-27(36)5-2)28(37)33-25-13-8-12-24(19-25)29(30,31)32;1-25(2,3)14-17-31-15-12-23(13-16-31)32(19-20-8-5-4-6-9-20)24(33)30-22-11-7-10-21(18-22)26(27,28)29;1-5-9-22(4)28-16-14-25(15-17-28)29(19-23-10-7-6-8-11-23)26(30)27-24-13-12-20(2)21(3)18-24;1-3-7-19(2)30-16-14-22(15-17-30)31(18-20-8-5-4-6-9-20)24(32)29-21-10-12-23(13-11-21)33-25(26,27)28/h5-8,10-13,19,21,26H,2,4,9,14-18,20H2,1,3H3,(H,33,37);4-11,18,23H,12-17,19H2,1-3H3,(H,30,33);6-8,10-13,18,22,25H,5,9,14-17,19H2,1-4H3,(H,27,30);4-6,8-13,19,22H,3,7,14-18H2,1-2H3,(H,29,32). The van der Waals surface area contributed by atoms with Crippen molar-refractivity contribution in [3.63, 3.8) is 0 Å². The molecule has 4 N–H and O–H groups in total. The van der Waals surface area contributed by atoms with Crippen molar-refractivity contribution in [1.29, 1.82) is 0 Å². The van der Waals surface area contributed by atoms with E-state index in [2.05, 4.69) is 153 Å². The summed E-state index contributed by atoms with van der Waals surface area (Å²) < 4.78 is 120. The van der Waals surface area contributed by atoms with E-state index in [0.717, 1.165) is 195 Å². The molecule has 18 nitrogen and oxygen atoms in total. The molecule has 8 amide bonds. The number of urea groups is 4. The predicted molar refractivity (Wildman–Crippen MR) is 515 cm³/mol. The van der Waals surface area contributed by atoms with Gasteiger partial charge in [0.15, 0.2) is 5.78 Å². The van der Waals surface area contributed by atoms with Crippen molar-refractivity contribution in [2.45, 2.75) is 266 Å². The van der Waals surface area contributed by atoms with Gasteiger partial charge < -0.3 is 65.2 Å². The van der Waals surface area contributed by atoms with Crippen LogP contribution >= 0.6 is 0 Å². The topological polar surface area (TPSA) is 169 Å². The maximum atomic E-state index is 13.5. The summed E-state index contributed by atoms with van der Waals surface area (Å²) in [7, 11) is 0. The number of alkyl halides is 9. The lowest BCUT2D eigenvalue weighted by atomic mass is 9.91. The highest BCUT2D eigenvalue weighted by Gasteiger charge is 2.38. The molecular weight excluding hydrogens is 1710 g/mol. The lowest BCUT2D eigenvalue weighted by molar-refractivity contribution is -0.274. The van der Waals surface area contributed by atoms with Gasteiger partial charge in [0.25, 0.3) is 0 Å². The minimum atomic E-state index is -4.75. The minimum absolute atomic E-state index is 0.00200. The first kappa shape index (κ1) is 106. The third kappa shape index (κ3) is 35.2. The smallest absolute Gasteiger partial charge is 0.406 e. The number of allylic oxidation sites excluding steroid dienone is 1. The van der Waals surface area contributed by atoms with Crippen LogP contribution in [0.5, 0.6) is 5.75 Å². The first-order chi connectivity index (χ1) is 63.3. The number of piperidine rings is 4. The first-order valence-electron chi connectivity index (χ1n) is 47.2. The fraction of sp³-hybridized carbons (Fsp3) is 0.481. The van der Waals surface area contributed by atoms with Crippen LogP contribution in [0, 0.1) is 19.3 Å². The Morgan fingerprint density at radius 2 is 0.737 bits per heavy atom. The van der Waals surface area contributed by atoms with Gasteiger partial charge in [-0.25, -0.2) is 19.2 Å². The van der Waals surface area contributed by atoms with Crippen LogP contribution < -0.4 is 26.0 Å². The number of hydrogen-bond acceptors (Lipinski definition) is 10. The van der Waals surface area contributed by atoms with E-state index >= 15 is 0 Å². The zero-order valence-corrected chi connectivity index (χ0v) is 79.4. The third-order valence-corrected chi connectivity index (χ3v) is 25.6. The molecule has 3 unspecified atom stereocenters. The molecule has 8 aromatic carbocycles. The van der Waals surface area contributed by atoms with Gasteiger partial charge in [0, 0.05) is 150 Å². The Hall–Kier alpha value is -10.7. The molecule has 0 radical (unpaired) electrons. The SMILES string of the molecule is C=CC(=O)Cc1ccccc1CN(C(=O)Nc1cccc(C(F)(F)F)c1)C1CCN(C(C)CCC)CC1.CC(C)(C)CCN1CCC(N(Cc2ccccc2)C(=O)Nc2cccc(C(F)(F)F)c2)CC1.CCCC(C)N1CCC(N(Cc2ccccc2)C(=O)Nc2ccc(C)c(C)c2)CC1.CCCC(C)N1CCC(N(Cc2ccccc2)C(=O)Nc2ccc(OC(F)(F)F)cc2)CC1. The predicted octanol–water partition coefficient (Wildman–Crippen LogP) is 25.6. The Morgan fingerprint density at radius 3 is 1.08 bits per heavy atom. The molecule has 4 aliphatic rings. The maximum absolute atomic E-state index is 13.5. The number of carbonyl (C=O) groups excluding carboxylic acids is 5. The first-order valence-corrected chi connectivity index (χ1v) is 47.2. The molecule has 0 aromatic heterocycles. The number of likely N-dealkylation sites (tertiary alicyclic amines) is 4. The van der Waals surface area contributed by atoms with Crippen LogP contribution in [-0.2, 0) is 49.7 Å². The zero-order valence-electron chi connectivity index (χ0n) is 79.4. The second kappa shape index (κ2) is 51.7. The molecule has 722 valence electrons. The molecule has 27 heteroatoms. The number of ether oxygens (including phenoxy) is 1. The Labute approximate surface area is 782 Å². The Balaban J connectivity index is 0.000000200. The molecule has 0 aliphatic carbocycles. The number of rotatable bonds is 31. The van der Waals surface area contributed by atoms with E-state index in [1.165, 1.54) is 84.1 Å². The van der Waals surface area contributed by atoms with E-state index in [-0.39, 0.29) is 83.5 Å². The lowest BCUT2D eigenvalue weighted by Gasteiger charge is -2.41. The van der Waals surface area contributed by atoms with Crippen molar-refractivity contribution in [2.24, 2.45) is 5.41 Å². The number of nitrogens with one attached hydrogen (secondary N) is 4. The summed E-state index contributed by atoms with van der Waals surface area (Å²) in [4.78, 5) is 82.7. The number of anilines is 4. The van der Waals surface area contributed by atoms with Crippen LogP contribution in [0.4, 0.5) is 81.4 Å². The van der Waals surface area contributed by atoms with Gasteiger partial charge in [-0.05, 0) is 241 Å². The largest absolute Gasteiger partial charge is 0.573 e. The fourth-order valence-corrected chi connectivity index (χ4v) is 17.7. The number of nitrogens with zero attached hydrogens (tertiary/aromatic N) is 8. The van der Waals surface area contributed by atoms with Gasteiger partial charge in [-0.15, -0.1) is 13.2 Å². The van der Waals surface area contributed by atoms with E-state index < -0.39 is 35.9 Å². The second-order valence-corrected chi connectivity index (χ2v) is 36.9. The van der Waals surface area contributed by atoms with Gasteiger partial charge in [0.05, 0.1) is 11.1 Å². The van der Waals surface area contributed by atoms with Crippen LogP contribution in [-0.4, -0.2) is 177 Å². The molecule has 8 aromatic rings. The Bertz CT molecular complexity index is 4880. The number of carbonyl (C=O) groups is 5. The van der Waals surface area contributed by atoms with Crippen molar-refractivity contribution in [3.8, 4) is 5.75 Å². The summed E-state index contributed by atoms with van der Waals surface area (Å²) in [6.45, 7) is 38.2. The second-order valence-electron chi connectivity index (χ2n) is 36.9. The van der Waals surface area contributed by atoms with Crippen LogP contribution in [0.15, 0.2) is 219 Å². The summed E-state index contributed by atoms with van der Waals surface area (Å²) in [5, 5.41) is 11.4. The van der Waals surface area contributed by atoms with E-state index in [4.69, 9.17) is 0 Å². The van der Waals surface area contributed by atoms with Crippen LogP contribution in [0.3, 0.4) is 0 Å². The van der Waals surface area contributed by atoms with E-state index in [1.807, 2.05) is 119 Å². The van der Waals surface area contributed by atoms with Crippen LogP contribution in [0.1, 0.15) is 209 Å². The summed E-state index contributed by atoms with van der Waals surface area (Å²) in [6.07, 6.45) is 2.87. The monoisotopic (exact) mass is 1850 g/mol.